The van der Waals surface area contributed by atoms with E-state index in [9.17, 15) is 4.39 Å². The van der Waals surface area contributed by atoms with Crippen molar-refractivity contribution in [3.63, 3.8) is 0 Å². The van der Waals surface area contributed by atoms with Gasteiger partial charge in [-0.2, -0.15) is 4.37 Å². The summed E-state index contributed by atoms with van der Waals surface area (Å²) in [5.74, 6) is 0.460. The van der Waals surface area contributed by atoms with Gasteiger partial charge >= 0.3 is 0 Å². The molecule has 6 heteroatoms. The summed E-state index contributed by atoms with van der Waals surface area (Å²) in [6.45, 7) is 0.688. The van der Waals surface area contributed by atoms with Crippen LogP contribution >= 0.6 is 11.5 Å². The average Bonchev–Trinajstić information content (AvgIpc) is 2.87. The van der Waals surface area contributed by atoms with Crippen LogP contribution in [-0.4, -0.2) is 15.9 Å². The van der Waals surface area contributed by atoms with Gasteiger partial charge in [-0.3, -0.25) is 0 Å². The Bertz CT molecular complexity index is 543. The number of benzene rings is 1. The molecule has 2 aromatic rings. The van der Waals surface area contributed by atoms with Crippen molar-refractivity contribution in [3.05, 3.63) is 46.5 Å². The van der Waals surface area contributed by atoms with E-state index in [1.165, 1.54) is 23.7 Å². The second-order valence-electron chi connectivity index (χ2n) is 4.75. The number of hydrogen-bond acceptors (Lipinski definition) is 5. The molecule has 0 radical (unpaired) electrons. The second-order valence-corrected chi connectivity index (χ2v) is 5.53. The fourth-order valence-corrected chi connectivity index (χ4v) is 2.66. The van der Waals surface area contributed by atoms with Crippen molar-refractivity contribution in [2.75, 3.05) is 6.54 Å². The summed E-state index contributed by atoms with van der Waals surface area (Å²) in [6.07, 6.45) is 3.37. The van der Waals surface area contributed by atoms with Gasteiger partial charge in [0.2, 0.25) is 0 Å². The van der Waals surface area contributed by atoms with Crippen LogP contribution in [0.15, 0.2) is 24.3 Å². The first-order valence-electron chi connectivity index (χ1n) is 6.71. The van der Waals surface area contributed by atoms with E-state index in [1.54, 1.807) is 6.07 Å². The van der Waals surface area contributed by atoms with Gasteiger partial charge in [-0.05, 0) is 48.6 Å². The van der Waals surface area contributed by atoms with Gasteiger partial charge in [-0.25, -0.2) is 9.37 Å². The minimum Gasteiger partial charge on any atom is -0.330 e. The predicted molar refractivity (Wildman–Crippen MR) is 78.9 cm³/mol. The summed E-state index contributed by atoms with van der Waals surface area (Å²) in [5, 5.41) is 0.841. The van der Waals surface area contributed by atoms with Crippen LogP contribution in [0.1, 0.15) is 41.7 Å². The number of halogens is 1. The molecule has 4 N–H and O–H groups in total. The molecule has 0 amide bonds. The van der Waals surface area contributed by atoms with Crippen molar-refractivity contribution < 1.29 is 4.39 Å². The molecular weight excluding hydrogens is 275 g/mol. The van der Waals surface area contributed by atoms with Crippen LogP contribution in [0.2, 0.25) is 0 Å². The molecule has 108 valence electrons. The maximum atomic E-state index is 13.1. The molecule has 0 spiro atoms. The molecule has 0 aliphatic rings. The summed E-state index contributed by atoms with van der Waals surface area (Å²) in [7, 11) is 0. The monoisotopic (exact) mass is 294 g/mol. The molecule has 1 aromatic carbocycles. The van der Waals surface area contributed by atoms with Gasteiger partial charge in [0.25, 0.3) is 0 Å². The van der Waals surface area contributed by atoms with Crippen molar-refractivity contribution in [1.29, 1.82) is 0 Å². The van der Waals surface area contributed by atoms with Gasteiger partial charge in [-0.1, -0.05) is 18.6 Å². The van der Waals surface area contributed by atoms with Gasteiger partial charge in [0.05, 0.1) is 6.04 Å². The van der Waals surface area contributed by atoms with Crippen LogP contribution in [-0.2, 0) is 6.42 Å². The normalized spacial score (nSPS) is 12.6. The first kappa shape index (κ1) is 15.0. The Morgan fingerprint density at radius 3 is 2.90 bits per heavy atom. The molecule has 0 bridgehead atoms. The highest BCUT2D eigenvalue weighted by Crippen LogP contribution is 2.19. The SMILES string of the molecule is NCCCCC(N)c1nc(Cc2cccc(F)c2)ns1. The zero-order valence-corrected chi connectivity index (χ0v) is 12.1. The van der Waals surface area contributed by atoms with Crippen LogP contribution in [0.5, 0.6) is 0 Å². The lowest BCUT2D eigenvalue weighted by atomic mass is 10.1. The molecule has 4 nitrogen and oxygen atoms in total. The quantitative estimate of drug-likeness (QED) is 0.769. The molecule has 0 saturated carbocycles. The van der Waals surface area contributed by atoms with Crippen molar-refractivity contribution in [2.45, 2.75) is 31.7 Å². The van der Waals surface area contributed by atoms with Crippen LogP contribution in [0, 0.1) is 5.82 Å². The molecule has 0 aliphatic heterocycles. The van der Waals surface area contributed by atoms with Crippen LogP contribution in [0.3, 0.4) is 0 Å². The third-order valence-corrected chi connectivity index (χ3v) is 3.90. The van der Waals surface area contributed by atoms with Crippen LogP contribution < -0.4 is 11.5 Å². The summed E-state index contributed by atoms with van der Waals surface area (Å²) >= 11 is 1.33. The summed E-state index contributed by atoms with van der Waals surface area (Å²) in [5.41, 5.74) is 12.4. The maximum absolute atomic E-state index is 13.1. The Hall–Kier alpha value is -1.37. The Morgan fingerprint density at radius 2 is 2.15 bits per heavy atom. The molecule has 0 saturated heterocycles. The van der Waals surface area contributed by atoms with E-state index in [0.717, 1.165) is 29.8 Å². The van der Waals surface area contributed by atoms with E-state index < -0.39 is 0 Å². The molecule has 20 heavy (non-hydrogen) atoms. The standard InChI is InChI=1S/C14H19FN4S/c15-11-5-3-4-10(8-11)9-13-18-14(20-19-13)12(17)6-1-2-7-16/h3-5,8,12H,1-2,6-7,9,16-17H2. The fraction of sp³-hybridized carbons (Fsp3) is 0.429. The molecule has 2 rings (SSSR count). The first-order valence-corrected chi connectivity index (χ1v) is 7.49. The number of nitrogens with two attached hydrogens (primary N) is 2. The smallest absolute Gasteiger partial charge is 0.147 e. The minimum atomic E-state index is -0.239. The molecule has 0 aliphatic carbocycles. The van der Waals surface area contributed by atoms with E-state index in [2.05, 4.69) is 9.36 Å². The van der Waals surface area contributed by atoms with Gasteiger partial charge in [-0.15, -0.1) is 0 Å². The lowest BCUT2D eigenvalue weighted by molar-refractivity contribution is 0.587. The number of rotatable bonds is 7. The summed E-state index contributed by atoms with van der Waals surface area (Å²) in [4.78, 5) is 4.44. The summed E-state index contributed by atoms with van der Waals surface area (Å²) in [6, 6.07) is 6.40. The Kier molecular flexibility index (Phi) is 5.58. The third kappa shape index (κ3) is 4.33. The van der Waals surface area contributed by atoms with Crippen molar-refractivity contribution in [3.8, 4) is 0 Å². The van der Waals surface area contributed by atoms with E-state index in [0.29, 0.717) is 18.8 Å². The average molecular weight is 294 g/mol. The number of nitrogens with zero attached hydrogens (tertiary/aromatic N) is 2. The van der Waals surface area contributed by atoms with Crippen molar-refractivity contribution >= 4 is 11.5 Å². The Labute approximate surface area is 122 Å². The van der Waals surface area contributed by atoms with Crippen LogP contribution in [0.25, 0.3) is 0 Å². The number of aromatic nitrogens is 2. The lowest BCUT2D eigenvalue weighted by Gasteiger charge is -2.06. The van der Waals surface area contributed by atoms with Gasteiger partial charge < -0.3 is 11.5 Å². The second kappa shape index (κ2) is 7.42. The van der Waals surface area contributed by atoms with Gasteiger partial charge in [0.1, 0.15) is 16.6 Å². The Balaban J connectivity index is 1.94. The molecule has 0 fully saturated rings. The lowest BCUT2D eigenvalue weighted by Crippen LogP contribution is -2.11. The summed E-state index contributed by atoms with van der Waals surface area (Å²) < 4.78 is 17.4. The molecule has 1 atom stereocenters. The zero-order chi connectivity index (χ0) is 14.4. The Morgan fingerprint density at radius 1 is 1.30 bits per heavy atom. The zero-order valence-electron chi connectivity index (χ0n) is 11.3. The van der Waals surface area contributed by atoms with E-state index in [4.69, 9.17) is 11.5 Å². The molecular formula is C14H19FN4S. The number of hydrogen-bond donors (Lipinski definition) is 2. The van der Waals surface area contributed by atoms with Crippen molar-refractivity contribution in [2.24, 2.45) is 11.5 Å². The highest BCUT2D eigenvalue weighted by atomic mass is 32.1. The molecule has 1 aromatic heterocycles. The van der Waals surface area contributed by atoms with Crippen molar-refractivity contribution in [1.82, 2.24) is 9.36 Å². The topological polar surface area (TPSA) is 77.8 Å². The number of unbranched alkanes of at least 4 members (excludes halogenated alkanes) is 1. The largest absolute Gasteiger partial charge is 0.330 e. The van der Waals surface area contributed by atoms with E-state index >= 15 is 0 Å². The van der Waals surface area contributed by atoms with Gasteiger partial charge in [0.15, 0.2) is 0 Å². The van der Waals surface area contributed by atoms with E-state index in [1.807, 2.05) is 6.07 Å². The highest BCUT2D eigenvalue weighted by Gasteiger charge is 2.12. The maximum Gasteiger partial charge on any atom is 0.147 e. The first-order chi connectivity index (χ1) is 9.69. The predicted octanol–water partition coefficient (Wildman–Crippen LogP) is 2.40. The highest BCUT2D eigenvalue weighted by molar-refractivity contribution is 7.05. The fourth-order valence-electron chi connectivity index (χ4n) is 1.95. The van der Waals surface area contributed by atoms with E-state index in [-0.39, 0.29) is 11.9 Å². The molecule has 1 heterocycles. The van der Waals surface area contributed by atoms with Gasteiger partial charge in [0, 0.05) is 6.42 Å². The minimum absolute atomic E-state index is 0.0830. The third-order valence-electron chi connectivity index (χ3n) is 3.02. The van der Waals surface area contributed by atoms with Crippen LogP contribution in [0.4, 0.5) is 4.39 Å². The molecule has 1 unspecified atom stereocenters.